The number of hydrogen-bond donors (Lipinski definition) is 2. The highest BCUT2D eigenvalue weighted by atomic mass is 16.5. The summed E-state index contributed by atoms with van der Waals surface area (Å²) >= 11 is 0. The van der Waals surface area contributed by atoms with E-state index in [9.17, 15) is 0 Å². The summed E-state index contributed by atoms with van der Waals surface area (Å²) in [5.41, 5.74) is 11.0. The molecule has 0 aliphatic rings. The van der Waals surface area contributed by atoms with Gasteiger partial charge in [-0.05, 0) is 22.3 Å². The van der Waals surface area contributed by atoms with Gasteiger partial charge < -0.3 is 33.3 Å². The molecule has 0 spiro atoms. The molecule has 9 rings (SSSR count). The van der Waals surface area contributed by atoms with Gasteiger partial charge in [0.2, 0.25) is 5.89 Å². The lowest BCUT2D eigenvalue weighted by Crippen LogP contribution is -1.94. The molecule has 0 aliphatic carbocycles. The van der Waals surface area contributed by atoms with Crippen LogP contribution in [0.2, 0.25) is 0 Å². The summed E-state index contributed by atoms with van der Waals surface area (Å²) < 4.78 is 31.0. The number of rotatable bonds is 10. The average molecular weight is 724 g/mol. The first-order valence-electron chi connectivity index (χ1n) is 17.9. The molecule has 0 atom stereocenters. The summed E-state index contributed by atoms with van der Waals surface area (Å²) in [6.45, 7) is 0. The van der Waals surface area contributed by atoms with Crippen molar-refractivity contribution in [3.05, 3.63) is 140 Å². The maximum Gasteiger partial charge on any atom is 0.232 e. The van der Waals surface area contributed by atoms with E-state index in [-0.39, 0.29) is 0 Å². The van der Waals surface area contributed by atoms with E-state index < -0.39 is 0 Å². The molecule has 8 nitrogen and oxygen atoms in total. The molecule has 0 fully saturated rings. The van der Waals surface area contributed by atoms with Crippen molar-refractivity contribution in [2.24, 2.45) is 0 Å². The average Bonchev–Trinajstić information content (AvgIpc) is 4.00. The molecule has 0 unspecified atom stereocenters. The van der Waals surface area contributed by atoms with Crippen LogP contribution in [-0.2, 0) is 0 Å². The van der Waals surface area contributed by atoms with Gasteiger partial charge in [0.15, 0.2) is 5.76 Å². The smallest absolute Gasteiger partial charge is 0.232 e. The first-order chi connectivity index (χ1) is 27.1. The van der Waals surface area contributed by atoms with E-state index in [4.69, 9.17) is 28.3 Å². The zero-order valence-electron chi connectivity index (χ0n) is 30.8. The molecule has 3 heterocycles. The summed E-state index contributed by atoms with van der Waals surface area (Å²) in [5, 5.41) is 1.78. The Morgan fingerprint density at radius 3 is 1.24 bits per heavy atom. The number of ether oxygens (including phenoxy) is 4. The van der Waals surface area contributed by atoms with Crippen molar-refractivity contribution in [3.63, 3.8) is 0 Å². The predicted molar refractivity (Wildman–Crippen MR) is 219 cm³/mol. The Hall–Kier alpha value is -7.19. The zero-order chi connectivity index (χ0) is 37.5. The molecule has 0 saturated carbocycles. The molecule has 6 aromatic carbocycles. The van der Waals surface area contributed by atoms with E-state index in [2.05, 4.69) is 58.5 Å². The van der Waals surface area contributed by atoms with Crippen molar-refractivity contribution in [2.75, 3.05) is 28.4 Å². The summed E-state index contributed by atoms with van der Waals surface area (Å²) in [6.07, 6.45) is 1.74. The molecule has 0 aliphatic heterocycles. The van der Waals surface area contributed by atoms with Crippen molar-refractivity contribution in [1.29, 1.82) is 0 Å². The van der Waals surface area contributed by atoms with Gasteiger partial charge >= 0.3 is 0 Å². The third kappa shape index (κ3) is 5.58. The fraction of sp³-hybridized carbons (Fsp3) is 0.0851. The summed E-state index contributed by atoms with van der Waals surface area (Å²) in [6, 6.07) is 44.9. The summed E-state index contributed by atoms with van der Waals surface area (Å²) in [4.78, 5) is 12.4. The molecular formula is C47H37N3O5. The number of aromatic nitrogens is 3. The maximum atomic E-state index is 6.83. The number of oxazole rings is 1. The molecule has 9 aromatic rings. The summed E-state index contributed by atoms with van der Waals surface area (Å²) in [7, 11) is 6.63. The van der Waals surface area contributed by atoms with Crippen LogP contribution in [0, 0.1) is 0 Å². The standard InChI is InChI=1S/C47H37N3O5/c1-51-32-25-33(52-2)40-37(28-17-9-5-10-18-28)43(30-21-13-7-14-22-30)49-45(40)39(32)36-27-48-47(55-36)42-35(54-4)26-34(53-3)41-38(29-19-11-6-12-20-29)44(50-46(41)42)31-23-15-8-16-24-31/h5-27,49-50H,1-4H3. The van der Waals surface area contributed by atoms with Crippen LogP contribution in [-0.4, -0.2) is 43.4 Å². The van der Waals surface area contributed by atoms with Gasteiger partial charge in [0.1, 0.15) is 28.6 Å². The number of aromatic amines is 2. The predicted octanol–water partition coefficient (Wildman–Crippen LogP) is 11.7. The number of nitrogens with zero attached hydrogens (tertiary/aromatic N) is 1. The highest BCUT2D eigenvalue weighted by molar-refractivity contribution is 6.14. The second-order valence-electron chi connectivity index (χ2n) is 13.1. The van der Waals surface area contributed by atoms with E-state index in [0.29, 0.717) is 45.8 Å². The van der Waals surface area contributed by atoms with Crippen LogP contribution in [0.1, 0.15) is 0 Å². The van der Waals surface area contributed by atoms with Crippen LogP contribution in [0.3, 0.4) is 0 Å². The minimum Gasteiger partial charge on any atom is -0.496 e. The van der Waals surface area contributed by atoms with E-state index in [0.717, 1.165) is 66.6 Å². The first-order valence-corrected chi connectivity index (χ1v) is 17.9. The third-order valence-corrected chi connectivity index (χ3v) is 10.1. The van der Waals surface area contributed by atoms with Crippen molar-refractivity contribution < 1.29 is 23.4 Å². The Kier molecular flexibility index (Phi) is 8.55. The van der Waals surface area contributed by atoms with Gasteiger partial charge in [-0.25, -0.2) is 4.98 Å². The zero-order valence-corrected chi connectivity index (χ0v) is 30.8. The van der Waals surface area contributed by atoms with Crippen LogP contribution in [0.5, 0.6) is 23.0 Å². The Balaban J connectivity index is 1.32. The third-order valence-electron chi connectivity index (χ3n) is 10.1. The van der Waals surface area contributed by atoms with Gasteiger partial charge in [0.05, 0.1) is 73.4 Å². The fourth-order valence-electron chi connectivity index (χ4n) is 7.68. The van der Waals surface area contributed by atoms with Gasteiger partial charge in [-0.1, -0.05) is 121 Å². The number of hydrogen-bond acceptors (Lipinski definition) is 6. The van der Waals surface area contributed by atoms with Crippen molar-refractivity contribution >= 4 is 21.8 Å². The van der Waals surface area contributed by atoms with Crippen LogP contribution in [0.25, 0.3) is 89.4 Å². The van der Waals surface area contributed by atoms with Gasteiger partial charge in [-0.3, -0.25) is 0 Å². The van der Waals surface area contributed by atoms with Crippen molar-refractivity contribution in [1.82, 2.24) is 15.0 Å². The second kappa shape index (κ2) is 14.0. The molecule has 0 saturated heterocycles. The molecular weight excluding hydrogens is 687 g/mol. The molecule has 0 bridgehead atoms. The maximum absolute atomic E-state index is 6.83. The molecule has 55 heavy (non-hydrogen) atoms. The minimum atomic E-state index is 0.365. The van der Waals surface area contributed by atoms with Crippen LogP contribution < -0.4 is 18.9 Å². The first kappa shape index (κ1) is 33.6. The number of nitrogens with one attached hydrogen (secondary N) is 2. The van der Waals surface area contributed by atoms with Crippen molar-refractivity contribution in [3.8, 4) is 90.5 Å². The van der Waals surface area contributed by atoms with E-state index in [1.165, 1.54) is 0 Å². The van der Waals surface area contributed by atoms with Crippen LogP contribution in [0.4, 0.5) is 0 Å². The van der Waals surface area contributed by atoms with Crippen LogP contribution in [0.15, 0.2) is 144 Å². The van der Waals surface area contributed by atoms with E-state index in [1.54, 1.807) is 34.6 Å². The number of methoxy groups -OCH3 is 4. The van der Waals surface area contributed by atoms with Crippen LogP contribution >= 0.6 is 0 Å². The molecule has 0 amide bonds. The van der Waals surface area contributed by atoms with Crippen molar-refractivity contribution in [2.45, 2.75) is 0 Å². The Bertz CT molecular complexity index is 2600. The molecule has 8 heteroatoms. The second-order valence-corrected chi connectivity index (χ2v) is 13.1. The Morgan fingerprint density at radius 1 is 0.436 bits per heavy atom. The quantitative estimate of drug-likeness (QED) is 0.146. The lowest BCUT2D eigenvalue weighted by atomic mass is 9.96. The minimum absolute atomic E-state index is 0.365. The van der Waals surface area contributed by atoms with E-state index >= 15 is 0 Å². The summed E-state index contributed by atoms with van der Waals surface area (Å²) in [5.74, 6) is 3.30. The lowest BCUT2D eigenvalue weighted by molar-refractivity contribution is 0.397. The molecule has 270 valence electrons. The van der Waals surface area contributed by atoms with E-state index in [1.807, 2.05) is 84.9 Å². The molecule has 2 N–H and O–H groups in total. The fourth-order valence-corrected chi connectivity index (χ4v) is 7.68. The lowest BCUT2D eigenvalue weighted by Gasteiger charge is -2.13. The van der Waals surface area contributed by atoms with Gasteiger partial charge in [0.25, 0.3) is 0 Å². The normalized spacial score (nSPS) is 11.3. The van der Waals surface area contributed by atoms with Gasteiger partial charge in [-0.15, -0.1) is 0 Å². The highest BCUT2D eigenvalue weighted by Crippen LogP contribution is 2.52. The van der Waals surface area contributed by atoms with Gasteiger partial charge in [-0.2, -0.15) is 0 Å². The topological polar surface area (TPSA) is 94.5 Å². The highest BCUT2D eigenvalue weighted by Gasteiger charge is 2.29. The molecule has 3 aromatic heterocycles. The largest absolute Gasteiger partial charge is 0.496 e. The Morgan fingerprint density at radius 2 is 0.818 bits per heavy atom. The Labute approximate surface area is 317 Å². The number of fused-ring (bicyclic) bond motifs is 2. The SMILES string of the molecule is COc1cc(OC)c2c(-c3ccccc3)c(-c3ccccc3)[nH]c2c1-c1cnc(-c2c(OC)cc(OC)c3c(-c4ccccc4)c(-c4ccccc4)[nH]c23)o1. The molecule has 0 radical (unpaired) electrons. The number of H-pyrrole nitrogens is 2. The van der Waals surface area contributed by atoms with Gasteiger partial charge in [0, 0.05) is 23.3 Å². The monoisotopic (exact) mass is 723 g/mol. The number of benzene rings is 6.